The first-order valence-electron chi connectivity index (χ1n) is 36.8. The van der Waals surface area contributed by atoms with Crippen molar-refractivity contribution in [2.45, 2.75) is 157 Å². The molecule has 0 aliphatic carbocycles. The summed E-state index contributed by atoms with van der Waals surface area (Å²) in [5, 5.41) is 26.2. The van der Waals surface area contributed by atoms with Crippen LogP contribution in [0.1, 0.15) is 168 Å². The second-order valence-corrected chi connectivity index (χ2v) is 30.1. The predicted molar refractivity (Wildman–Crippen MR) is 436 cm³/mol. The van der Waals surface area contributed by atoms with Crippen molar-refractivity contribution in [3.63, 3.8) is 0 Å². The molecular formula is C89H103Cl2F6N5O10S. The number of unbranched alkanes of at least 4 members (excludes halogenated alkanes) is 2. The van der Waals surface area contributed by atoms with Crippen molar-refractivity contribution in [1.82, 2.24) is 24.7 Å². The second-order valence-electron chi connectivity index (χ2n) is 27.4. The van der Waals surface area contributed by atoms with Gasteiger partial charge in [-0.1, -0.05) is 189 Å². The quantitative estimate of drug-likeness (QED) is 0.0100. The lowest BCUT2D eigenvalue weighted by molar-refractivity contribution is -0.138. The van der Waals surface area contributed by atoms with Crippen LogP contribution in [0.5, 0.6) is 5.75 Å². The number of hydrogen-bond acceptors (Lipinski definition) is 12. The van der Waals surface area contributed by atoms with Gasteiger partial charge in [-0.25, -0.2) is 13.2 Å². The molecule has 9 aromatic rings. The van der Waals surface area contributed by atoms with Crippen molar-refractivity contribution in [2.75, 3.05) is 46.5 Å². The number of alkyl halides is 6. The predicted octanol–water partition coefficient (Wildman–Crippen LogP) is 20.8. The lowest BCUT2D eigenvalue weighted by Crippen LogP contribution is -2.41. The zero-order valence-electron chi connectivity index (χ0n) is 64.6. The number of allylic oxidation sites excluding steroid dienone is 1. The zero-order valence-corrected chi connectivity index (χ0v) is 66.9. The standard InChI is InChI=1S/C29H32F3NO2.C27H28N2O5S.C18H19Cl2NO.C14H20F3NO2.CH4/c1-21-7-9-23(10-8-21)6-4-3-5-15-33(19-24-11-13-26(14-12-24)28(34)35)20-25-16-22(2)17-27(18-25)29(30,31)32;1-18-15-19(2)25(20(3)16-18)35(32,33)28(17-21-9-11-22(34-4)12-10-21)13-14-29-26(30)23-7-5-6-8-24(23)27(29)31;1-12(13(2)22)16-6-3-14(4-7-16)10-21-11-15-5-8-17(19)18(20)9-15;1-3-19-13(20-4-2)10-18-9-11-5-7-12(8-6-11)14(15,16)17;/h7-14,16-18H,3-6,15,19-20H2,1-2H3,(H,34,35);5-12,15-16H,13-14,17H2,1-4H3;3-9,12,21-22H,2,10-11H2,1H3;5-8,13,18H,3-4,9-10H2,1-2H3;1H4. The average Bonchev–Trinajstić information content (AvgIpc) is 1.39. The molecule has 0 spiro atoms. The normalized spacial score (nSPS) is 12.3. The summed E-state index contributed by atoms with van der Waals surface area (Å²) in [5.41, 5.74) is 11.5. The Balaban J connectivity index is 0.000000241. The number of carbonyl (C=O) groups is 3. The highest BCUT2D eigenvalue weighted by Gasteiger charge is 2.37. The number of fused-ring (bicyclic) bond motifs is 1. The fourth-order valence-corrected chi connectivity index (χ4v) is 14.7. The Bertz CT molecular complexity index is 4600. The van der Waals surface area contributed by atoms with Crippen LogP contribution in [-0.2, 0) is 77.5 Å². The maximum atomic E-state index is 13.9. The Morgan fingerprint density at radius 2 is 1.06 bits per heavy atom. The monoisotopic (exact) mass is 1620 g/mol. The Kier molecular flexibility index (Phi) is 36.5. The number of imide groups is 1. The van der Waals surface area contributed by atoms with Crippen LogP contribution in [0.2, 0.25) is 10.0 Å². The number of carboxylic acid groups (broad SMARTS) is 1. The van der Waals surface area contributed by atoms with Gasteiger partial charge in [-0.2, -0.15) is 30.6 Å². The molecule has 1 aliphatic rings. The summed E-state index contributed by atoms with van der Waals surface area (Å²) in [6.07, 6.45) is -5.01. The molecule has 113 heavy (non-hydrogen) atoms. The maximum absolute atomic E-state index is 13.9. The van der Waals surface area contributed by atoms with Crippen LogP contribution in [0.4, 0.5) is 26.3 Å². The van der Waals surface area contributed by atoms with Crippen molar-refractivity contribution in [2.24, 2.45) is 0 Å². The number of nitrogens with zero attached hydrogens (tertiary/aromatic N) is 3. The summed E-state index contributed by atoms with van der Waals surface area (Å²) in [6, 6.07) is 55.7. The number of sulfonamides is 1. The maximum Gasteiger partial charge on any atom is 0.416 e. The van der Waals surface area contributed by atoms with Gasteiger partial charge < -0.3 is 35.1 Å². The van der Waals surface area contributed by atoms with Gasteiger partial charge in [-0.15, -0.1) is 0 Å². The lowest BCUT2D eigenvalue weighted by atomic mass is 9.98. The first kappa shape index (κ1) is 92.7. The van der Waals surface area contributed by atoms with E-state index in [2.05, 4.69) is 65.4 Å². The van der Waals surface area contributed by atoms with E-state index in [4.69, 9.17) is 42.5 Å². The van der Waals surface area contributed by atoms with Gasteiger partial charge in [0.05, 0.1) is 55.6 Å². The highest BCUT2D eigenvalue weighted by atomic mass is 35.5. The molecule has 0 saturated carbocycles. The average molecular weight is 1620 g/mol. The van der Waals surface area contributed by atoms with Gasteiger partial charge in [-0.3, -0.25) is 19.4 Å². The molecule has 0 aromatic heterocycles. The smallest absolute Gasteiger partial charge is 0.416 e. The van der Waals surface area contributed by atoms with E-state index in [9.17, 15) is 54.3 Å². The number of hydrogen-bond donors (Lipinski definition) is 4. The van der Waals surface area contributed by atoms with Crippen molar-refractivity contribution in [3.8, 4) is 5.75 Å². The molecule has 606 valence electrons. The second kappa shape index (κ2) is 44.5. The summed E-state index contributed by atoms with van der Waals surface area (Å²) < 4.78 is 122. The van der Waals surface area contributed by atoms with E-state index in [0.29, 0.717) is 88.6 Å². The van der Waals surface area contributed by atoms with Crippen LogP contribution >= 0.6 is 23.2 Å². The van der Waals surface area contributed by atoms with Crippen LogP contribution in [0, 0.1) is 34.6 Å². The number of aromatic carboxylic acids is 1. The van der Waals surface area contributed by atoms with Crippen molar-refractivity contribution in [1.29, 1.82) is 0 Å². The van der Waals surface area contributed by atoms with E-state index in [1.165, 1.54) is 45.3 Å². The summed E-state index contributed by atoms with van der Waals surface area (Å²) >= 11 is 11.9. The third-order valence-electron chi connectivity index (χ3n) is 18.5. The van der Waals surface area contributed by atoms with Crippen LogP contribution in [0.25, 0.3) is 0 Å². The number of rotatable bonds is 33. The number of halogens is 8. The Morgan fingerprint density at radius 1 is 0.558 bits per heavy atom. The molecule has 0 radical (unpaired) electrons. The van der Waals surface area contributed by atoms with Gasteiger partial charge in [0.15, 0.2) is 6.29 Å². The van der Waals surface area contributed by atoms with E-state index in [1.54, 1.807) is 113 Å². The zero-order chi connectivity index (χ0) is 81.9. The highest BCUT2D eigenvalue weighted by Crippen LogP contribution is 2.34. The molecule has 1 heterocycles. The number of methoxy groups -OCH3 is 1. The fourth-order valence-electron chi connectivity index (χ4n) is 12.6. The van der Waals surface area contributed by atoms with E-state index < -0.39 is 51.3 Å². The van der Waals surface area contributed by atoms with Gasteiger partial charge in [0.1, 0.15) is 5.75 Å². The van der Waals surface area contributed by atoms with Crippen molar-refractivity contribution < 1.29 is 73.6 Å². The number of aliphatic hydroxyl groups is 1. The summed E-state index contributed by atoms with van der Waals surface area (Å²) in [5.74, 6) is -0.991. The summed E-state index contributed by atoms with van der Waals surface area (Å²) in [7, 11) is -2.37. The van der Waals surface area contributed by atoms with Crippen LogP contribution in [-0.4, -0.2) is 103 Å². The van der Waals surface area contributed by atoms with Gasteiger partial charge in [0.2, 0.25) is 10.0 Å². The Morgan fingerprint density at radius 3 is 1.60 bits per heavy atom. The number of carbonyl (C=O) groups excluding carboxylic acids is 2. The van der Waals surface area contributed by atoms with E-state index in [-0.39, 0.29) is 55.5 Å². The topological polar surface area (TPSA) is 187 Å². The minimum atomic E-state index is -4.38. The number of aliphatic hydroxyl groups excluding tert-OH is 1. The fraction of sp³-hybridized carbons (Fsp3) is 0.337. The third kappa shape index (κ3) is 29.0. The van der Waals surface area contributed by atoms with Crippen LogP contribution in [0.3, 0.4) is 0 Å². The van der Waals surface area contributed by atoms with Gasteiger partial charge in [-0.05, 0) is 203 Å². The van der Waals surface area contributed by atoms with E-state index >= 15 is 0 Å². The van der Waals surface area contributed by atoms with E-state index in [0.717, 1.165) is 95.7 Å². The first-order valence-corrected chi connectivity index (χ1v) is 39.0. The molecule has 4 N–H and O–H groups in total. The van der Waals surface area contributed by atoms with Gasteiger partial charge in [0, 0.05) is 78.0 Å². The molecule has 10 rings (SSSR count). The number of ether oxygens (including phenoxy) is 3. The number of carboxylic acids is 1. The molecule has 15 nitrogen and oxygen atoms in total. The van der Waals surface area contributed by atoms with Gasteiger partial charge >= 0.3 is 18.3 Å². The molecule has 0 fully saturated rings. The minimum Gasteiger partial charge on any atom is -0.512 e. The molecule has 2 amide bonds. The van der Waals surface area contributed by atoms with Crippen molar-refractivity contribution >= 4 is 51.0 Å². The number of amides is 2. The van der Waals surface area contributed by atoms with Gasteiger partial charge in [0.25, 0.3) is 11.8 Å². The molecule has 1 aliphatic heterocycles. The minimum absolute atomic E-state index is 0. The summed E-state index contributed by atoms with van der Waals surface area (Å²) in [6.45, 7) is 23.7. The molecule has 24 heteroatoms. The Hall–Kier alpha value is -9.20. The molecular weight excluding hydrogens is 1520 g/mol. The number of nitrogens with one attached hydrogen (secondary N) is 2. The first-order chi connectivity index (χ1) is 53.2. The third-order valence-corrected chi connectivity index (χ3v) is 21.3. The molecule has 1 unspecified atom stereocenters. The lowest BCUT2D eigenvalue weighted by Gasteiger charge is -2.26. The number of aryl methyl sites for hydroxylation is 6. The molecule has 0 bridgehead atoms. The molecule has 0 saturated heterocycles. The molecule has 9 aromatic carbocycles. The Labute approximate surface area is 671 Å². The molecule has 1 atom stereocenters. The highest BCUT2D eigenvalue weighted by molar-refractivity contribution is 7.89. The largest absolute Gasteiger partial charge is 0.512 e. The summed E-state index contributed by atoms with van der Waals surface area (Å²) in [4.78, 5) is 40.3. The van der Waals surface area contributed by atoms with Crippen LogP contribution < -0.4 is 15.4 Å². The SMILES string of the molecule is C.C=C(O)C(C)c1ccc(CNCc2ccc(Cl)c(Cl)c2)cc1.CCOC(CNCc1ccc(C(F)(F)F)cc1)OCC.COc1ccc(CN(CCN2C(=O)c3ccccc3C2=O)S(=O)(=O)c2c(C)cc(C)cc2C)cc1.Cc1ccc(CCCCCN(Cc2ccc(C(=O)O)cc2)Cc2cc(C)cc(C(F)(F)F)c2)cc1. The van der Waals surface area contributed by atoms with Crippen molar-refractivity contribution in [3.05, 3.63) is 317 Å². The van der Waals surface area contributed by atoms with E-state index in [1.807, 2.05) is 64.1 Å². The number of benzene rings is 9. The van der Waals surface area contributed by atoms with Crippen LogP contribution in [0.15, 0.2) is 211 Å².